The minimum Gasteiger partial charge on any atom is -0.480 e. The molecule has 0 radical (unpaired) electrons. The van der Waals surface area contributed by atoms with Gasteiger partial charge >= 0.3 is 11.9 Å². The maximum absolute atomic E-state index is 10.8. The van der Waals surface area contributed by atoms with Crippen LogP contribution in [-0.4, -0.2) is 47.6 Å². The minimum atomic E-state index is -1.03. The first-order chi connectivity index (χ1) is 9.49. The van der Waals surface area contributed by atoms with Crippen molar-refractivity contribution in [3.8, 4) is 5.69 Å². The largest absolute Gasteiger partial charge is 0.480 e. The van der Waals surface area contributed by atoms with Gasteiger partial charge in [-0.15, -0.1) is 5.10 Å². The average Bonchev–Trinajstić information content (AvgIpc) is 2.86. The normalized spacial score (nSPS) is 12.1. The average molecular weight is 294 g/mol. The number of hydrogen-bond donors (Lipinski definition) is 2. The number of hydrogen-bond acceptors (Lipinski definition) is 6. The third kappa shape index (κ3) is 2.94. The van der Waals surface area contributed by atoms with Crippen molar-refractivity contribution >= 4 is 23.7 Å². The number of thioether (sulfide) groups is 1. The highest BCUT2D eigenvalue weighted by Gasteiger charge is 2.18. The number of tetrazole rings is 1. The summed E-state index contributed by atoms with van der Waals surface area (Å²) in [5, 5.41) is 28.4. The third-order valence-electron chi connectivity index (χ3n) is 2.43. The van der Waals surface area contributed by atoms with Crippen molar-refractivity contribution in [3.05, 3.63) is 29.8 Å². The number of carboxylic acid groups (broad SMARTS) is 2. The van der Waals surface area contributed by atoms with Crippen LogP contribution in [0.3, 0.4) is 0 Å². The molecular formula is C11H10N4O4S. The molecule has 20 heavy (non-hydrogen) atoms. The van der Waals surface area contributed by atoms with Crippen LogP contribution in [0.5, 0.6) is 0 Å². The Morgan fingerprint density at radius 3 is 2.45 bits per heavy atom. The zero-order valence-corrected chi connectivity index (χ0v) is 11.1. The molecule has 2 aromatic rings. The van der Waals surface area contributed by atoms with Crippen LogP contribution in [0, 0.1) is 0 Å². The van der Waals surface area contributed by atoms with E-state index in [2.05, 4.69) is 15.5 Å². The van der Waals surface area contributed by atoms with E-state index in [0.717, 1.165) is 11.8 Å². The number of nitrogens with zero attached hydrogens (tertiary/aromatic N) is 4. The molecule has 1 heterocycles. The van der Waals surface area contributed by atoms with Crippen LogP contribution in [0.1, 0.15) is 17.3 Å². The van der Waals surface area contributed by atoms with Crippen molar-refractivity contribution < 1.29 is 19.8 Å². The Morgan fingerprint density at radius 1 is 1.25 bits per heavy atom. The number of aliphatic carboxylic acids is 1. The van der Waals surface area contributed by atoms with Gasteiger partial charge in [0.15, 0.2) is 0 Å². The first-order valence-corrected chi connectivity index (χ1v) is 6.38. The molecule has 0 fully saturated rings. The van der Waals surface area contributed by atoms with Gasteiger partial charge in [0.2, 0.25) is 5.16 Å². The quantitative estimate of drug-likeness (QED) is 0.782. The molecule has 2 N–H and O–H groups in total. The fraction of sp³-hybridized carbons (Fsp3) is 0.182. The van der Waals surface area contributed by atoms with Crippen LogP contribution < -0.4 is 0 Å². The number of benzene rings is 1. The summed E-state index contributed by atoms with van der Waals surface area (Å²) in [5.41, 5.74) is 0.704. The molecule has 1 atom stereocenters. The molecule has 104 valence electrons. The summed E-state index contributed by atoms with van der Waals surface area (Å²) in [5.74, 6) is -1.99. The molecule has 0 aliphatic carbocycles. The third-order valence-corrected chi connectivity index (χ3v) is 3.45. The highest BCUT2D eigenvalue weighted by Crippen LogP contribution is 2.22. The van der Waals surface area contributed by atoms with Gasteiger partial charge in [-0.05, 0) is 41.6 Å². The van der Waals surface area contributed by atoms with Crippen molar-refractivity contribution in [2.24, 2.45) is 0 Å². The van der Waals surface area contributed by atoms with Crippen molar-refractivity contribution in [3.63, 3.8) is 0 Å². The Hall–Kier alpha value is -2.42. The smallest absolute Gasteiger partial charge is 0.335 e. The zero-order chi connectivity index (χ0) is 14.7. The second-order valence-corrected chi connectivity index (χ2v) is 5.13. The summed E-state index contributed by atoms with van der Waals surface area (Å²) in [6.07, 6.45) is 0. The monoisotopic (exact) mass is 294 g/mol. The van der Waals surface area contributed by atoms with Crippen molar-refractivity contribution in [2.75, 3.05) is 0 Å². The molecule has 1 aromatic heterocycles. The summed E-state index contributed by atoms with van der Waals surface area (Å²) in [4.78, 5) is 21.6. The van der Waals surface area contributed by atoms with Gasteiger partial charge in [-0.3, -0.25) is 4.79 Å². The summed E-state index contributed by atoms with van der Waals surface area (Å²) in [6, 6.07) is 5.95. The molecule has 2 rings (SSSR count). The highest BCUT2D eigenvalue weighted by molar-refractivity contribution is 8.00. The van der Waals surface area contributed by atoms with Crippen molar-refractivity contribution in [1.29, 1.82) is 0 Å². The Labute approximate surface area is 117 Å². The van der Waals surface area contributed by atoms with Gasteiger partial charge < -0.3 is 10.2 Å². The van der Waals surface area contributed by atoms with E-state index in [1.54, 1.807) is 12.1 Å². The van der Waals surface area contributed by atoms with Crippen LogP contribution in [0.2, 0.25) is 0 Å². The number of aromatic carboxylic acids is 1. The van der Waals surface area contributed by atoms with E-state index in [9.17, 15) is 9.59 Å². The van der Waals surface area contributed by atoms with E-state index in [0.29, 0.717) is 10.8 Å². The van der Waals surface area contributed by atoms with Gasteiger partial charge in [0.1, 0.15) is 5.25 Å². The maximum Gasteiger partial charge on any atom is 0.335 e. The first kappa shape index (κ1) is 14.0. The fourth-order valence-electron chi connectivity index (χ4n) is 1.37. The van der Waals surface area contributed by atoms with E-state index in [-0.39, 0.29) is 5.56 Å². The van der Waals surface area contributed by atoms with Crippen LogP contribution >= 0.6 is 11.8 Å². The van der Waals surface area contributed by atoms with E-state index in [1.807, 2.05) is 0 Å². The zero-order valence-electron chi connectivity index (χ0n) is 10.3. The molecule has 0 aliphatic heterocycles. The lowest BCUT2D eigenvalue weighted by Crippen LogP contribution is -2.12. The lowest BCUT2D eigenvalue weighted by atomic mass is 10.2. The summed E-state index contributed by atoms with van der Waals surface area (Å²) in [7, 11) is 0. The minimum absolute atomic E-state index is 0.148. The molecule has 0 saturated carbocycles. The second kappa shape index (κ2) is 5.70. The van der Waals surface area contributed by atoms with Gasteiger partial charge in [0, 0.05) is 0 Å². The number of carboxylic acids is 2. The topological polar surface area (TPSA) is 118 Å². The Bertz CT molecular complexity index is 640. The van der Waals surface area contributed by atoms with Gasteiger partial charge in [-0.1, -0.05) is 11.8 Å². The molecule has 9 heteroatoms. The molecule has 0 bridgehead atoms. The fourth-order valence-corrected chi connectivity index (χ4v) is 2.11. The van der Waals surface area contributed by atoms with Gasteiger partial charge in [-0.25, -0.2) is 4.79 Å². The number of carbonyl (C=O) groups is 2. The van der Waals surface area contributed by atoms with Gasteiger partial charge in [0.25, 0.3) is 0 Å². The van der Waals surface area contributed by atoms with E-state index in [1.165, 1.54) is 23.7 Å². The van der Waals surface area contributed by atoms with Crippen LogP contribution in [0.15, 0.2) is 29.4 Å². The van der Waals surface area contributed by atoms with Gasteiger partial charge in [0.05, 0.1) is 11.3 Å². The predicted molar refractivity (Wildman–Crippen MR) is 69.1 cm³/mol. The summed E-state index contributed by atoms with van der Waals surface area (Å²) < 4.78 is 1.36. The van der Waals surface area contributed by atoms with Crippen LogP contribution in [0.25, 0.3) is 5.69 Å². The SMILES string of the molecule is C[C@H](Sc1nnnn1-c1ccc(C(=O)O)cc1)C(=O)O. The summed E-state index contributed by atoms with van der Waals surface area (Å²) >= 11 is 1.00. The predicted octanol–water partition coefficient (Wildman–Crippen LogP) is 0.926. The van der Waals surface area contributed by atoms with Gasteiger partial charge in [-0.2, -0.15) is 4.68 Å². The molecule has 0 unspecified atom stereocenters. The highest BCUT2D eigenvalue weighted by atomic mass is 32.2. The molecule has 1 aromatic carbocycles. The summed E-state index contributed by atoms with van der Waals surface area (Å²) in [6.45, 7) is 1.53. The van der Waals surface area contributed by atoms with E-state index < -0.39 is 17.2 Å². The van der Waals surface area contributed by atoms with Crippen molar-refractivity contribution in [1.82, 2.24) is 20.2 Å². The standard InChI is InChI=1S/C11H10N4O4S/c1-6(9(16)17)20-11-12-13-14-15(11)8-4-2-7(3-5-8)10(18)19/h2-6H,1H3,(H,16,17)(H,18,19)/t6-/m0/s1. The number of aromatic nitrogens is 4. The molecule has 0 aliphatic rings. The Morgan fingerprint density at radius 2 is 1.90 bits per heavy atom. The Balaban J connectivity index is 2.27. The lowest BCUT2D eigenvalue weighted by molar-refractivity contribution is -0.136. The number of rotatable bonds is 5. The van der Waals surface area contributed by atoms with E-state index in [4.69, 9.17) is 10.2 Å². The molecule has 8 nitrogen and oxygen atoms in total. The molecular weight excluding hydrogens is 284 g/mol. The molecule has 0 spiro atoms. The molecule has 0 saturated heterocycles. The Kier molecular flexibility index (Phi) is 3.99. The van der Waals surface area contributed by atoms with Crippen LogP contribution in [0.4, 0.5) is 0 Å². The van der Waals surface area contributed by atoms with E-state index >= 15 is 0 Å². The second-order valence-electron chi connectivity index (χ2n) is 3.82. The van der Waals surface area contributed by atoms with Crippen molar-refractivity contribution in [2.45, 2.75) is 17.3 Å². The lowest BCUT2D eigenvalue weighted by Gasteiger charge is -2.06. The molecule has 0 amide bonds. The van der Waals surface area contributed by atoms with Crippen LogP contribution in [-0.2, 0) is 4.79 Å². The first-order valence-electron chi connectivity index (χ1n) is 5.50. The maximum atomic E-state index is 10.8.